The number of nitrogens with two attached hydrogens (primary N) is 1. The summed E-state index contributed by atoms with van der Waals surface area (Å²) in [6.07, 6.45) is -1.81. The largest absolute Gasteiger partial charge is 0.481 e. The fourth-order valence-electron chi connectivity index (χ4n) is 1.75. The van der Waals surface area contributed by atoms with Crippen LogP contribution in [0.15, 0.2) is 0 Å². The molecule has 27 heavy (non-hydrogen) atoms. The molecular weight excluding hydrogens is 372 g/mol. The van der Waals surface area contributed by atoms with Crippen molar-refractivity contribution >= 4 is 35.6 Å². The molecule has 0 aromatic carbocycles. The first-order valence-corrected chi connectivity index (χ1v) is 7.39. The van der Waals surface area contributed by atoms with E-state index in [2.05, 4.69) is 0 Å². The third-order valence-corrected chi connectivity index (χ3v) is 3.02. The van der Waals surface area contributed by atoms with E-state index in [1.54, 1.807) is 0 Å². The van der Waals surface area contributed by atoms with E-state index in [0.29, 0.717) is 0 Å². The lowest BCUT2D eigenvalue weighted by Gasteiger charge is -2.22. The number of hydrogen-bond donors (Lipinski definition) is 8. The number of carbonyl (C=O) groups is 6. The van der Waals surface area contributed by atoms with Crippen LogP contribution in [0.2, 0.25) is 0 Å². The molecule has 0 spiro atoms. The first-order valence-electron chi connectivity index (χ1n) is 7.39. The maximum Gasteiger partial charge on any atom is 0.326 e. The Labute approximate surface area is 151 Å². The Morgan fingerprint density at radius 1 is 0.741 bits per heavy atom. The molecule has 14 heteroatoms. The molecule has 3 amide bonds. The average Bonchev–Trinajstić information content (AvgIpc) is 2.56. The SMILES string of the molecule is NCC(=O)NC(CC(=O)O)C(=O)NC(CO)C(=O)NC(CC(=O)O)C(=O)O. The van der Waals surface area contributed by atoms with Crippen LogP contribution < -0.4 is 21.7 Å². The van der Waals surface area contributed by atoms with Crippen molar-refractivity contribution < 1.29 is 49.2 Å². The summed E-state index contributed by atoms with van der Waals surface area (Å²) in [5.74, 6) is -7.86. The van der Waals surface area contributed by atoms with Crippen molar-refractivity contribution in [1.82, 2.24) is 16.0 Å². The average molecular weight is 392 g/mol. The Hall–Kier alpha value is -3.26. The van der Waals surface area contributed by atoms with Gasteiger partial charge in [0.15, 0.2) is 0 Å². The van der Waals surface area contributed by atoms with Gasteiger partial charge in [-0.15, -0.1) is 0 Å². The Morgan fingerprint density at radius 3 is 1.59 bits per heavy atom. The smallest absolute Gasteiger partial charge is 0.326 e. The molecule has 0 aliphatic heterocycles. The van der Waals surface area contributed by atoms with E-state index in [0.717, 1.165) is 0 Å². The molecule has 0 rings (SSSR count). The molecule has 0 aromatic rings. The molecule has 9 N–H and O–H groups in total. The van der Waals surface area contributed by atoms with Crippen LogP contribution in [0, 0.1) is 0 Å². The Bertz CT molecular complexity index is 608. The number of carboxylic acids is 3. The van der Waals surface area contributed by atoms with Crippen molar-refractivity contribution in [2.45, 2.75) is 31.0 Å². The molecule has 3 unspecified atom stereocenters. The van der Waals surface area contributed by atoms with Crippen molar-refractivity contribution in [1.29, 1.82) is 0 Å². The zero-order chi connectivity index (χ0) is 21.1. The number of carboxylic acid groups (broad SMARTS) is 3. The van der Waals surface area contributed by atoms with Gasteiger partial charge in [0.1, 0.15) is 18.1 Å². The third kappa shape index (κ3) is 9.13. The summed E-state index contributed by atoms with van der Waals surface area (Å²) in [4.78, 5) is 67.6. The van der Waals surface area contributed by atoms with Gasteiger partial charge >= 0.3 is 17.9 Å². The van der Waals surface area contributed by atoms with Crippen LogP contribution in [0.5, 0.6) is 0 Å². The molecule has 0 radical (unpaired) electrons. The van der Waals surface area contributed by atoms with Crippen LogP contribution in [0.1, 0.15) is 12.8 Å². The lowest BCUT2D eigenvalue weighted by atomic mass is 10.1. The Balaban J connectivity index is 5.12. The van der Waals surface area contributed by atoms with Crippen LogP contribution in [-0.4, -0.2) is 87.3 Å². The van der Waals surface area contributed by atoms with Crippen molar-refractivity contribution in [2.75, 3.05) is 13.2 Å². The molecule has 0 saturated carbocycles. The summed E-state index contributed by atoms with van der Waals surface area (Å²) >= 11 is 0. The first-order chi connectivity index (χ1) is 12.5. The number of hydrogen-bond acceptors (Lipinski definition) is 8. The van der Waals surface area contributed by atoms with E-state index >= 15 is 0 Å². The lowest BCUT2D eigenvalue weighted by Crippen LogP contribution is -2.57. The van der Waals surface area contributed by atoms with Gasteiger partial charge in [0.2, 0.25) is 17.7 Å². The highest BCUT2D eigenvalue weighted by molar-refractivity contribution is 5.95. The molecule has 0 heterocycles. The maximum atomic E-state index is 12.1. The number of nitrogens with one attached hydrogen (secondary N) is 3. The first kappa shape index (κ1) is 23.7. The summed E-state index contributed by atoms with van der Waals surface area (Å²) in [5.41, 5.74) is 5.05. The molecule has 0 bridgehead atoms. The minimum absolute atomic E-state index is 0.539. The summed E-state index contributed by atoms with van der Waals surface area (Å²) in [7, 11) is 0. The minimum Gasteiger partial charge on any atom is -0.481 e. The van der Waals surface area contributed by atoms with Gasteiger partial charge in [-0.2, -0.15) is 0 Å². The molecular formula is C13H20N4O10. The highest BCUT2D eigenvalue weighted by Crippen LogP contribution is 1.98. The van der Waals surface area contributed by atoms with Crippen molar-refractivity contribution in [3.63, 3.8) is 0 Å². The zero-order valence-electron chi connectivity index (χ0n) is 13.9. The number of rotatable bonds is 12. The second kappa shape index (κ2) is 11.4. The quantitative estimate of drug-likeness (QED) is 0.157. The highest BCUT2D eigenvalue weighted by atomic mass is 16.4. The maximum absolute atomic E-state index is 12.1. The molecule has 0 saturated heterocycles. The number of aliphatic hydroxyl groups excluding tert-OH is 1. The van der Waals surface area contributed by atoms with E-state index in [4.69, 9.17) is 21.1 Å². The molecule has 14 nitrogen and oxygen atoms in total. The molecule has 0 fully saturated rings. The van der Waals surface area contributed by atoms with E-state index in [9.17, 15) is 33.9 Å². The van der Waals surface area contributed by atoms with E-state index in [1.807, 2.05) is 16.0 Å². The van der Waals surface area contributed by atoms with Crippen LogP contribution >= 0.6 is 0 Å². The fourth-order valence-corrected chi connectivity index (χ4v) is 1.75. The monoisotopic (exact) mass is 392 g/mol. The van der Waals surface area contributed by atoms with Gasteiger partial charge in [-0.25, -0.2) is 4.79 Å². The normalized spacial score (nSPS) is 13.6. The Morgan fingerprint density at radius 2 is 1.19 bits per heavy atom. The van der Waals surface area contributed by atoms with Crippen LogP contribution in [-0.2, 0) is 28.8 Å². The fraction of sp³-hybridized carbons (Fsp3) is 0.538. The van der Waals surface area contributed by atoms with Gasteiger partial charge < -0.3 is 42.1 Å². The second-order valence-electron chi connectivity index (χ2n) is 5.16. The van der Waals surface area contributed by atoms with Gasteiger partial charge in [0, 0.05) is 0 Å². The van der Waals surface area contributed by atoms with Gasteiger partial charge in [-0.1, -0.05) is 0 Å². The standard InChI is InChI=1S/C13H20N4O10/c14-3-8(19)15-5(1-9(20)21)11(24)17-7(4-18)12(25)16-6(13(26)27)2-10(22)23/h5-7,18H,1-4,14H2,(H,15,19)(H,16,25)(H,17,24)(H,20,21)(H,22,23)(H,26,27). The number of aliphatic hydroxyl groups is 1. The highest BCUT2D eigenvalue weighted by Gasteiger charge is 2.30. The van der Waals surface area contributed by atoms with Gasteiger partial charge in [-0.05, 0) is 0 Å². The predicted octanol–water partition coefficient (Wildman–Crippen LogP) is -4.57. The molecule has 0 aliphatic rings. The van der Waals surface area contributed by atoms with Crippen LogP contribution in [0.25, 0.3) is 0 Å². The van der Waals surface area contributed by atoms with Gasteiger partial charge in [0.05, 0.1) is 26.0 Å². The van der Waals surface area contributed by atoms with Crippen molar-refractivity contribution in [3.8, 4) is 0 Å². The summed E-state index contributed by atoms with van der Waals surface area (Å²) < 4.78 is 0. The Kier molecular flexibility index (Phi) is 10.0. The number of carbonyl (C=O) groups excluding carboxylic acids is 3. The molecule has 0 aromatic heterocycles. The molecule has 3 atom stereocenters. The van der Waals surface area contributed by atoms with Gasteiger partial charge in [0.25, 0.3) is 0 Å². The minimum atomic E-state index is -1.83. The number of amides is 3. The molecule has 152 valence electrons. The van der Waals surface area contributed by atoms with Crippen LogP contribution in [0.4, 0.5) is 0 Å². The van der Waals surface area contributed by atoms with Crippen molar-refractivity contribution in [3.05, 3.63) is 0 Å². The topological polar surface area (TPSA) is 245 Å². The number of aliphatic carboxylic acids is 3. The third-order valence-electron chi connectivity index (χ3n) is 3.02. The van der Waals surface area contributed by atoms with Gasteiger partial charge in [-0.3, -0.25) is 24.0 Å². The molecule has 0 aliphatic carbocycles. The van der Waals surface area contributed by atoms with E-state index < -0.39 is 79.7 Å². The van der Waals surface area contributed by atoms with E-state index in [-0.39, 0.29) is 0 Å². The summed E-state index contributed by atoms with van der Waals surface area (Å²) in [6, 6.07) is -5.17. The van der Waals surface area contributed by atoms with E-state index in [1.165, 1.54) is 0 Å². The van der Waals surface area contributed by atoms with Crippen LogP contribution in [0.3, 0.4) is 0 Å². The predicted molar refractivity (Wildman–Crippen MR) is 84.1 cm³/mol. The summed E-state index contributed by atoms with van der Waals surface area (Å²) in [5, 5.41) is 41.2. The second-order valence-corrected chi connectivity index (χ2v) is 5.16. The van der Waals surface area contributed by atoms with Crippen molar-refractivity contribution in [2.24, 2.45) is 5.73 Å². The lowest BCUT2D eigenvalue weighted by molar-refractivity contribution is -0.147. The zero-order valence-corrected chi connectivity index (χ0v) is 13.9. The summed E-state index contributed by atoms with van der Waals surface area (Å²) in [6.45, 7) is -1.55.